The Kier molecular flexibility index (Phi) is 8.43. The minimum Gasteiger partial charge on any atom is -0.302 e. The molecule has 0 aliphatic carbocycles. The van der Waals surface area contributed by atoms with E-state index in [-0.39, 0.29) is 5.91 Å². The molecule has 1 aromatic heterocycles. The van der Waals surface area contributed by atoms with Crippen LogP contribution in [0.5, 0.6) is 0 Å². The number of thioether (sulfide) groups is 1. The number of rotatable bonds is 9. The van der Waals surface area contributed by atoms with E-state index in [2.05, 4.69) is 18.7 Å². The minimum atomic E-state index is 0.0462. The lowest BCUT2D eigenvalue weighted by molar-refractivity contribution is -0.116. The van der Waals surface area contributed by atoms with E-state index < -0.39 is 0 Å². The summed E-state index contributed by atoms with van der Waals surface area (Å²) in [6.45, 7) is 9.58. The zero-order chi connectivity index (χ0) is 21.7. The summed E-state index contributed by atoms with van der Waals surface area (Å²) in [6.07, 6.45) is 0. The number of likely N-dealkylation sites (N-methyl/N-ethyl adjacent to an activating group) is 1. The van der Waals surface area contributed by atoms with Crippen molar-refractivity contribution in [1.82, 2.24) is 9.88 Å². The van der Waals surface area contributed by atoms with E-state index in [1.54, 1.807) is 0 Å². The number of carbonyl (C=O) groups excluding carboxylic acids is 1. The van der Waals surface area contributed by atoms with Crippen LogP contribution in [0.15, 0.2) is 41.3 Å². The average molecular weight is 483 g/mol. The molecular formula is C22H25Cl2N3OS2. The van der Waals surface area contributed by atoms with Gasteiger partial charge in [-0.2, -0.15) is 0 Å². The van der Waals surface area contributed by atoms with Gasteiger partial charge in [0.1, 0.15) is 0 Å². The number of halogens is 2. The van der Waals surface area contributed by atoms with Crippen molar-refractivity contribution in [3.8, 4) is 0 Å². The SMILES string of the molecule is CCN(CC)CCN(C(=O)CSc1ccc(Cl)cc1)c1nc2c(C)cc(Cl)cc2s1. The molecule has 1 amide bonds. The number of amides is 1. The lowest BCUT2D eigenvalue weighted by Gasteiger charge is -2.24. The van der Waals surface area contributed by atoms with E-state index in [0.717, 1.165) is 45.4 Å². The second kappa shape index (κ2) is 10.8. The van der Waals surface area contributed by atoms with Gasteiger partial charge in [-0.15, -0.1) is 11.8 Å². The average Bonchev–Trinajstić information content (AvgIpc) is 3.14. The first kappa shape index (κ1) is 23.4. The number of carbonyl (C=O) groups is 1. The number of thiazole rings is 1. The fourth-order valence-electron chi connectivity index (χ4n) is 3.12. The number of benzene rings is 2. The summed E-state index contributed by atoms with van der Waals surface area (Å²) < 4.78 is 1.00. The molecule has 0 radical (unpaired) electrons. The number of hydrogen-bond donors (Lipinski definition) is 0. The molecule has 3 aromatic rings. The van der Waals surface area contributed by atoms with Gasteiger partial charge >= 0.3 is 0 Å². The highest BCUT2D eigenvalue weighted by Gasteiger charge is 2.21. The Bertz CT molecular complexity index is 1000. The van der Waals surface area contributed by atoms with Crippen LogP contribution in [0.1, 0.15) is 19.4 Å². The molecular weight excluding hydrogens is 457 g/mol. The van der Waals surface area contributed by atoms with Crippen molar-refractivity contribution >= 4 is 67.6 Å². The van der Waals surface area contributed by atoms with Crippen LogP contribution in [0.2, 0.25) is 10.0 Å². The zero-order valence-corrected chi connectivity index (χ0v) is 20.5. The summed E-state index contributed by atoms with van der Waals surface area (Å²) in [6, 6.07) is 11.4. The third-order valence-electron chi connectivity index (χ3n) is 4.88. The first-order chi connectivity index (χ1) is 14.4. The number of aromatic nitrogens is 1. The highest BCUT2D eigenvalue weighted by molar-refractivity contribution is 8.00. The van der Waals surface area contributed by atoms with E-state index >= 15 is 0 Å². The summed E-state index contributed by atoms with van der Waals surface area (Å²) in [7, 11) is 0. The van der Waals surface area contributed by atoms with Gasteiger partial charge in [-0.3, -0.25) is 9.69 Å². The molecule has 0 spiro atoms. The van der Waals surface area contributed by atoms with Gasteiger partial charge in [-0.1, -0.05) is 48.4 Å². The fourth-order valence-corrected chi connectivity index (χ4v) is 5.48. The molecule has 0 aliphatic rings. The second-order valence-electron chi connectivity index (χ2n) is 6.88. The first-order valence-corrected chi connectivity index (χ1v) is 12.4. The van der Waals surface area contributed by atoms with Gasteiger partial charge in [0.05, 0.1) is 16.0 Å². The van der Waals surface area contributed by atoms with Crippen LogP contribution in [0.25, 0.3) is 10.2 Å². The maximum Gasteiger partial charge on any atom is 0.239 e. The number of fused-ring (bicyclic) bond motifs is 1. The maximum absolute atomic E-state index is 13.2. The van der Waals surface area contributed by atoms with Gasteiger partial charge in [-0.25, -0.2) is 4.98 Å². The highest BCUT2D eigenvalue weighted by atomic mass is 35.5. The van der Waals surface area contributed by atoms with Crippen LogP contribution in [0.4, 0.5) is 5.13 Å². The molecule has 0 unspecified atom stereocenters. The molecule has 8 heteroatoms. The summed E-state index contributed by atoms with van der Waals surface area (Å²) in [5.74, 6) is 0.389. The Balaban J connectivity index is 1.82. The number of anilines is 1. The van der Waals surface area contributed by atoms with Gasteiger partial charge in [0.25, 0.3) is 0 Å². The molecule has 1 heterocycles. The summed E-state index contributed by atoms with van der Waals surface area (Å²) in [5, 5.41) is 2.11. The minimum absolute atomic E-state index is 0.0462. The summed E-state index contributed by atoms with van der Waals surface area (Å²) in [4.78, 5) is 23.1. The quantitative estimate of drug-likeness (QED) is 0.332. The largest absolute Gasteiger partial charge is 0.302 e. The summed E-state index contributed by atoms with van der Waals surface area (Å²) >= 11 is 15.2. The van der Waals surface area contributed by atoms with Crippen LogP contribution in [-0.2, 0) is 4.79 Å². The maximum atomic E-state index is 13.2. The van der Waals surface area contributed by atoms with E-state index in [0.29, 0.717) is 22.3 Å². The Morgan fingerprint density at radius 1 is 1.07 bits per heavy atom. The number of hydrogen-bond acceptors (Lipinski definition) is 5. The highest BCUT2D eigenvalue weighted by Crippen LogP contribution is 2.33. The second-order valence-corrected chi connectivity index (χ2v) is 9.81. The zero-order valence-electron chi connectivity index (χ0n) is 17.3. The molecule has 0 bridgehead atoms. The Hall–Kier alpha value is -1.31. The van der Waals surface area contributed by atoms with Crippen molar-refractivity contribution in [1.29, 1.82) is 0 Å². The molecule has 2 aromatic carbocycles. The van der Waals surface area contributed by atoms with Crippen molar-refractivity contribution < 1.29 is 4.79 Å². The van der Waals surface area contributed by atoms with Crippen LogP contribution in [0.3, 0.4) is 0 Å². The van der Waals surface area contributed by atoms with Crippen LogP contribution in [-0.4, -0.2) is 47.7 Å². The van der Waals surface area contributed by atoms with E-state index in [1.807, 2.05) is 48.2 Å². The fraction of sp³-hybridized carbons (Fsp3) is 0.364. The number of nitrogens with zero attached hydrogens (tertiary/aromatic N) is 3. The van der Waals surface area contributed by atoms with Gasteiger partial charge in [0, 0.05) is 28.0 Å². The van der Waals surface area contributed by atoms with Crippen LogP contribution in [0, 0.1) is 6.92 Å². The monoisotopic (exact) mass is 481 g/mol. The molecule has 0 N–H and O–H groups in total. The third-order valence-corrected chi connectivity index (χ3v) is 7.37. The molecule has 160 valence electrons. The molecule has 0 fully saturated rings. The van der Waals surface area contributed by atoms with Crippen molar-refractivity contribution in [2.24, 2.45) is 0 Å². The van der Waals surface area contributed by atoms with Gasteiger partial charge in [0.2, 0.25) is 5.91 Å². The molecule has 0 saturated heterocycles. The van der Waals surface area contributed by atoms with Crippen molar-refractivity contribution in [2.45, 2.75) is 25.7 Å². The Labute approximate surface area is 196 Å². The smallest absolute Gasteiger partial charge is 0.239 e. The van der Waals surface area contributed by atoms with Gasteiger partial charge in [0.15, 0.2) is 5.13 Å². The van der Waals surface area contributed by atoms with E-state index in [9.17, 15) is 4.79 Å². The molecule has 3 rings (SSSR count). The predicted molar refractivity (Wildman–Crippen MR) is 132 cm³/mol. The third kappa shape index (κ3) is 5.89. The topological polar surface area (TPSA) is 36.4 Å². The predicted octanol–water partition coefficient (Wildman–Crippen LogP) is 6.38. The normalized spacial score (nSPS) is 11.4. The molecule has 0 aliphatic heterocycles. The molecule has 0 saturated carbocycles. The van der Waals surface area contributed by atoms with Crippen molar-refractivity contribution in [3.63, 3.8) is 0 Å². The Morgan fingerprint density at radius 3 is 2.43 bits per heavy atom. The van der Waals surface area contributed by atoms with Gasteiger partial charge < -0.3 is 4.90 Å². The lowest BCUT2D eigenvalue weighted by atomic mass is 10.2. The summed E-state index contributed by atoms with van der Waals surface area (Å²) in [5.41, 5.74) is 1.93. The van der Waals surface area contributed by atoms with Gasteiger partial charge in [-0.05, 0) is 62.0 Å². The standard InChI is InChI=1S/C22H25Cl2N3OS2/c1-4-26(5-2)10-11-27(20(28)14-29-18-8-6-16(23)7-9-18)22-25-21-15(3)12-17(24)13-19(21)30-22/h6-9,12-13H,4-5,10-11,14H2,1-3H3. The lowest BCUT2D eigenvalue weighted by Crippen LogP contribution is -2.39. The number of aryl methyl sites for hydroxylation is 1. The van der Waals surface area contributed by atoms with E-state index in [4.69, 9.17) is 28.2 Å². The van der Waals surface area contributed by atoms with E-state index in [1.165, 1.54) is 23.1 Å². The van der Waals surface area contributed by atoms with Crippen molar-refractivity contribution in [2.75, 3.05) is 36.8 Å². The van der Waals surface area contributed by atoms with Crippen LogP contribution < -0.4 is 4.90 Å². The Morgan fingerprint density at radius 2 is 1.77 bits per heavy atom. The molecule has 4 nitrogen and oxygen atoms in total. The molecule has 30 heavy (non-hydrogen) atoms. The van der Waals surface area contributed by atoms with Crippen molar-refractivity contribution in [3.05, 3.63) is 52.0 Å². The van der Waals surface area contributed by atoms with Crippen LogP contribution >= 0.6 is 46.3 Å². The molecule has 0 atom stereocenters. The first-order valence-electron chi connectivity index (χ1n) is 9.89.